The van der Waals surface area contributed by atoms with Gasteiger partial charge in [0.1, 0.15) is 0 Å². The Morgan fingerprint density at radius 2 is 2.29 bits per heavy atom. The Kier molecular flexibility index (Phi) is 2.35. The highest BCUT2D eigenvalue weighted by Gasteiger charge is 2.35. The molecule has 0 unspecified atom stereocenters. The molecular formula is C13H15N3O. The summed E-state index contributed by atoms with van der Waals surface area (Å²) < 4.78 is 0. The molecule has 2 N–H and O–H groups in total. The molecule has 3 rings (SSSR count). The van der Waals surface area contributed by atoms with Crippen molar-refractivity contribution in [2.24, 2.45) is 11.0 Å². The van der Waals surface area contributed by atoms with Gasteiger partial charge in [-0.15, -0.1) is 0 Å². The molecule has 1 amide bonds. The summed E-state index contributed by atoms with van der Waals surface area (Å²) in [4.78, 5) is 15.0. The van der Waals surface area contributed by atoms with Gasteiger partial charge in [-0.3, -0.25) is 4.79 Å². The van der Waals surface area contributed by atoms with Crippen LogP contribution in [0.3, 0.4) is 0 Å². The van der Waals surface area contributed by atoms with E-state index in [1.165, 1.54) is 5.69 Å². The zero-order chi connectivity index (χ0) is 11.8. The van der Waals surface area contributed by atoms with Crippen LogP contribution in [-0.2, 0) is 11.2 Å². The molecule has 1 saturated carbocycles. The predicted molar refractivity (Wildman–Crippen MR) is 66.4 cm³/mol. The van der Waals surface area contributed by atoms with Crippen molar-refractivity contribution in [2.45, 2.75) is 26.2 Å². The largest absolute Gasteiger partial charge is 0.359 e. The quantitative estimate of drug-likeness (QED) is 0.764. The van der Waals surface area contributed by atoms with Crippen LogP contribution < -0.4 is 5.43 Å². The number of hydrazone groups is 1. The lowest BCUT2D eigenvalue weighted by molar-refractivity contribution is -0.116. The fourth-order valence-electron chi connectivity index (χ4n) is 2.06. The molecule has 17 heavy (non-hydrogen) atoms. The molecule has 0 aromatic carbocycles. The molecule has 0 bridgehead atoms. The zero-order valence-corrected chi connectivity index (χ0v) is 9.79. The third kappa shape index (κ3) is 1.90. The van der Waals surface area contributed by atoms with Gasteiger partial charge in [0.05, 0.1) is 11.3 Å². The first kappa shape index (κ1) is 10.3. The molecule has 1 aliphatic heterocycles. The first-order valence-electron chi connectivity index (χ1n) is 6.06. The third-order valence-corrected chi connectivity index (χ3v) is 3.21. The van der Waals surface area contributed by atoms with Crippen LogP contribution in [0.2, 0.25) is 0 Å². The molecule has 1 aromatic rings. The van der Waals surface area contributed by atoms with Crippen molar-refractivity contribution in [1.29, 1.82) is 0 Å². The third-order valence-electron chi connectivity index (χ3n) is 3.21. The summed E-state index contributed by atoms with van der Waals surface area (Å²) in [7, 11) is 0. The molecule has 4 nitrogen and oxygen atoms in total. The number of H-pyrrole nitrogens is 1. The number of hydrogen-bond donors (Lipinski definition) is 2. The minimum atomic E-state index is -0.0838. The van der Waals surface area contributed by atoms with Gasteiger partial charge in [-0.2, -0.15) is 5.10 Å². The van der Waals surface area contributed by atoms with E-state index >= 15 is 0 Å². The van der Waals surface area contributed by atoms with E-state index in [4.69, 9.17) is 0 Å². The van der Waals surface area contributed by atoms with Gasteiger partial charge in [-0.05, 0) is 37.5 Å². The van der Waals surface area contributed by atoms with Gasteiger partial charge < -0.3 is 4.98 Å². The second kappa shape index (κ2) is 3.87. The molecule has 0 spiro atoms. The van der Waals surface area contributed by atoms with Gasteiger partial charge in [0.25, 0.3) is 5.91 Å². The topological polar surface area (TPSA) is 57.2 Å². The van der Waals surface area contributed by atoms with Crippen LogP contribution in [0.5, 0.6) is 0 Å². The fraction of sp³-hybridized carbons (Fsp3) is 0.385. The molecule has 0 atom stereocenters. The lowest BCUT2D eigenvalue weighted by atomic mass is 10.1. The number of carbonyl (C=O) groups is 1. The summed E-state index contributed by atoms with van der Waals surface area (Å²) >= 11 is 0. The molecular weight excluding hydrogens is 214 g/mol. The minimum Gasteiger partial charge on any atom is -0.359 e. The number of nitrogens with one attached hydrogen (secondary N) is 2. The van der Waals surface area contributed by atoms with E-state index in [9.17, 15) is 4.79 Å². The summed E-state index contributed by atoms with van der Waals surface area (Å²) in [5.41, 5.74) is 6.36. The van der Waals surface area contributed by atoms with Gasteiger partial charge in [-0.1, -0.05) is 6.92 Å². The number of rotatable bonds is 3. The molecule has 0 radical (unpaired) electrons. The van der Waals surface area contributed by atoms with E-state index in [0.717, 1.165) is 36.2 Å². The van der Waals surface area contributed by atoms with Crippen LogP contribution in [0.1, 0.15) is 31.2 Å². The summed E-state index contributed by atoms with van der Waals surface area (Å²) in [6, 6.07) is 4.05. The van der Waals surface area contributed by atoms with Crippen molar-refractivity contribution >= 4 is 17.7 Å². The van der Waals surface area contributed by atoms with Crippen LogP contribution in [0.15, 0.2) is 22.8 Å². The lowest BCUT2D eigenvalue weighted by Gasteiger charge is -1.97. The van der Waals surface area contributed by atoms with Gasteiger partial charge in [0.15, 0.2) is 0 Å². The number of hydrogen-bond acceptors (Lipinski definition) is 2. The minimum absolute atomic E-state index is 0.0838. The second-order valence-electron chi connectivity index (χ2n) is 4.56. The molecule has 0 saturated heterocycles. The maximum atomic E-state index is 11.7. The first-order valence-corrected chi connectivity index (χ1v) is 6.06. The molecule has 88 valence electrons. The first-order chi connectivity index (χ1) is 8.28. The SMILES string of the molecule is CCc1ccc(/C=C2\C(=O)NN=C2C2CC2)[nH]1. The van der Waals surface area contributed by atoms with E-state index in [1.807, 2.05) is 18.2 Å². The van der Waals surface area contributed by atoms with Crippen molar-refractivity contribution in [1.82, 2.24) is 10.4 Å². The Hall–Kier alpha value is -1.84. The van der Waals surface area contributed by atoms with Crippen molar-refractivity contribution in [3.05, 3.63) is 29.1 Å². The van der Waals surface area contributed by atoms with Crippen LogP contribution in [0.25, 0.3) is 6.08 Å². The van der Waals surface area contributed by atoms with E-state index in [2.05, 4.69) is 22.4 Å². The van der Waals surface area contributed by atoms with E-state index in [-0.39, 0.29) is 5.91 Å². The van der Waals surface area contributed by atoms with Crippen molar-refractivity contribution in [3.8, 4) is 0 Å². The number of aryl methyl sites for hydroxylation is 1. The Bertz CT molecular complexity index is 521. The Labute approximate surface area is 99.8 Å². The van der Waals surface area contributed by atoms with Gasteiger partial charge >= 0.3 is 0 Å². The summed E-state index contributed by atoms with van der Waals surface area (Å²) in [5, 5.41) is 4.12. The van der Waals surface area contributed by atoms with Crippen LogP contribution in [0, 0.1) is 5.92 Å². The summed E-state index contributed by atoms with van der Waals surface area (Å²) in [5.74, 6) is 0.403. The maximum absolute atomic E-state index is 11.7. The van der Waals surface area contributed by atoms with Gasteiger partial charge in [-0.25, -0.2) is 5.43 Å². The molecule has 1 fully saturated rings. The van der Waals surface area contributed by atoms with Crippen LogP contribution >= 0.6 is 0 Å². The average Bonchev–Trinajstić information content (AvgIpc) is 2.97. The Morgan fingerprint density at radius 3 is 2.94 bits per heavy atom. The highest BCUT2D eigenvalue weighted by molar-refractivity contribution is 6.28. The molecule has 4 heteroatoms. The Balaban J connectivity index is 1.90. The smallest absolute Gasteiger partial charge is 0.273 e. The summed E-state index contributed by atoms with van der Waals surface area (Å²) in [6.07, 6.45) is 5.17. The molecule has 1 aliphatic carbocycles. The average molecular weight is 229 g/mol. The normalized spacial score (nSPS) is 21.8. The predicted octanol–water partition coefficient (Wildman–Crippen LogP) is 1.86. The van der Waals surface area contributed by atoms with Crippen molar-refractivity contribution < 1.29 is 4.79 Å². The monoisotopic (exact) mass is 229 g/mol. The maximum Gasteiger partial charge on any atom is 0.273 e. The van der Waals surface area contributed by atoms with Crippen LogP contribution in [-0.4, -0.2) is 16.6 Å². The molecule has 1 aromatic heterocycles. The molecule has 2 heterocycles. The van der Waals surface area contributed by atoms with Crippen molar-refractivity contribution in [2.75, 3.05) is 0 Å². The lowest BCUT2D eigenvalue weighted by Crippen LogP contribution is -2.13. The van der Waals surface area contributed by atoms with E-state index in [1.54, 1.807) is 0 Å². The number of aromatic nitrogens is 1. The van der Waals surface area contributed by atoms with Gasteiger partial charge in [0.2, 0.25) is 0 Å². The number of amides is 1. The zero-order valence-electron chi connectivity index (χ0n) is 9.79. The second-order valence-corrected chi connectivity index (χ2v) is 4.56. The number of aromatic amines is 1. The fourth-order valence-corrected chi connectivity index (χ4v) is 2.06. The highest BCUT2D eigenvalue weighted by atomic mass is 16.2. The number of carbonyl (C=O) groups excluding carboxylic acids is 1. The molecule has 2 aliphatic rings. The van der Waals surface area contributed by atoms with Crippen LogP contribution in [0.4, 0.5) is 0 Å². The Morgan fingerprint density at radius 1 is 1.47 bits per heavy atom. The van der Waals surface area contributed by atoms with Crippen molar-refractivity contribution in [3.63, 3.8) is 0 Å². The standard InChI is InChI=1S/C13H15N3O/c1-2-9-5-6-10(14-9)7-11-12(8-3-4-8)15-16-13(11)17/h5-8,14H,2-4H2,1H3,(H,16,17)/b11-7-. The van der Waals surface area contributed by atoms with E-state index < -0.39 is 0 Å². The summed E-state index contributed by atoms with van der Waals surface area (Å²) in [6.45, 7) is 2.10. The highest BCUT2D eigenvalue weighted by Crippen LogP contribution is 2.35. The van der Waals surface area contributed by atoms with Gasteiger partial charge in [0, 0.05) is 17.3 Å². The van der Waals surface area contributed by atoms with E-state index in [0.29, 0.717) is 5.92 Å². The number of nitrogens with zero attached hydrogens (tertiary/aromatic N) is 1.